The largest absolute Gasteiger partial charge is 0.497 e. The molecule has 1 heterocycles. The summed E-state index contributed by atoms with van der Waals surface area (Å²) in [6.07, 6.45) is 1.65. The summed E-state index contributed by atoms with van der Waals surface area (Å²) >= 11 is 3.41. The standard InChI is InChI=1S/C13H14BrNO3/c1-16-9-3-4-11(12(7-9)17-2)15-8-13-10(14)5-6-18-13/h3-7,15H,8H2,1-2H3. The monoisotopic (exact) mass is 311 g/mol. The van der Waals surface area contributed by atoms with Gasteiger partial charge in [-0.05, 0) is 34.1 Å². The third kappa shape index (κ3) is 2.79. The topological polar surface area (TPSA) is 43.6 Å². The van der Waals surface area contributed by atoms with Gasteiger partial charge in [-0.2, -0.15) is 0 Å². The molecule has 0 fully saturated rings. The first-order valence-corrected chi connectivity index (χ1v) is 6.21. The second-order valence-electron chi connectivity index (χ2n) is 3.61. The Hall–Kier alpha value is -1.62. The summed E-state index contributed by atoms with van der Waals surface area (Å²) in [4.78, 5) is 0. The minimum Gasteiger partial charge on any atom is -0.497 e. The lowest BCUT2D eigenvalue weighted by molar-refractivity contribution is 0.395. The fourth-order valence-electron chi connectivity index (χ4n) is 1.57. The van der Waals surface area contributed by atoms with E-state index < -0.39 is 0 Å². The van der Waals surface area contributed by atoms with Crippen molar-refractivity contribution in [2.24, 2.45) is 0 Å². The average molecular weight is 312 g/mol. The molecule has 0 spiro atoms. The molecule has 2 aromatic rings. The van der Waals surface area contributed by atoms with Crippen molar-refractivity contribution < 1.29 is 13.9 Å². The Labute approximate surface area is 114 Å². The van der Waals surface area contributed by atoms with Gasteiger partial charge in [-0.3, -0.25) is 0 Å². The van der Waals surface area contributed by atoms with Gasteiger partial charge in [-0.15, -0.1) is 0 Å². The molecular formula is C13H14BrNO3. The molecule has 0 amide bonds. The molecule has 0 bridgehead atoms. The maximum Gasteiger partial charge on any atom is 0.145 e. The SMILES string of the molecule is COc1ccc(NCc2occc2Br)c(OC)c1. The highest BCUT2D eigenvalue weighted by atomic mass is 79.9. The number of rotatable bonds is 5. The van der Waals surface area contributed by atoms with Crippen LogP contribution in [0.1, 0.15) is 5.76 Å². The Morgan fingerprint density at radius 2 is 2.06 bits per heavy atom. The normalized spacial score (nSPS) is 10.2. The predicted octanol–water partition coefficient (Wildman–Crippen LogP) is 3.67. The Morgan fingerprint density at radius 1 is 1.22 bits per heavy atom. The molecule has 2 rings (SSSR count). The van der Waals surface area contributed by atoms with Crippen LogP contribution >= 0.6 is 15.9 Å². The molecular weight excluding hydrogens is 298 g/mol. The number of hydrogen-bond acceptors (Lipinski definition) is 4. The molecule has 0 aliphatic heterocycles. The van der Waals surface area contributed by atoms with E-state index in [2.05, 4.69) is 21.2 Å². The number of ether oxygens (including phenoxy) is 2. The average Bonchev–Trinajstić information content (AvgIpc) is 2.81. The highest BCUT2D eigenvalue weighted by Crippen LogP contribution is 2.30. The summed E-state index contributed by atoms with van der Waals surface area (Å²) in [5.74, 6) is 2.33. The van der Waals surface area contributed by atoms with Crippen molar-refractivity contribution in [1.82, 2.24) is 0 Å². The van der Waals surface area contributed by atoms with Crippen molar-refractivity contribution in [3.05, 3.63) is 40.8 Å². The van der Waals surface area contributed by atoms with Gasteiger partial charge in [0.05, 0.1) is 37.2 Å². The molecule has 0 saturated heterocycles. The Balaban J connectivity index is 2.11. The Bertz CT molecular complexity index is 525. The summed E-state index contributed by atoms with van der Waals surface area (Å²) in [6.45, 7) is 0.580. The van der Waals surface area contributed by atoms with Gasteiger partial charge in [-0.25, -0.2) is 0 Å². The van der Waals surface area contributed by atoms with Crippen LogP contribution in [0.25, 0.3) is 0 Å². The maximum absolute atomic E-state index is 5.33. The smallest absolute Gasteiger partial charge is 0.145 e. The lowest BCUT2D eigenvalue weighted by Gasteiger charge is -2.11. The molecule has 0 aliphatic rings. The highest BCUT2D eigenvalue weighted by molar-refractivity contribution is 9.10. The summed E-state index contributed by atoms with van der Waals surface area (Å²) in [5, 5.41) is 3.25. The molecule has 0 atom stereocenters. The molecule has 1 aromatic heterocycles. The van der Waals surface area contributed by atoms with Gasteiger partial charge in [0.25, 0.3) is 0 Å². The van der Waals surface area contributed by atoms with Gasteiger partial charge >= 0.3 is 0 Å². The summed E-state index contributed by atoms with van der Waals surface area (Å²) in [5.41, 5.74) is 0.890. The first-order valence-electron chi connectivity index (χ1n) is 5.42. The molecule has 1 aromatic carbocycles. The number of methoxy groups -OCH3 is 2. The minimum absolute atomic E-state index is 0.580. The van der Waals surface area contributed by atoms with E-state index in [-0.39, 0.29) is 0 Å². The zero-order valence-electron chi connectivity index (χ0n) is 10.2. The lowest BCUT2D eigenvalue weighted by atomic mass is 10.2. The number of halogens is 1. The van der Waals surface area contributed by atoms with Gasteiger partial charge in [0, 0.05) is 6.07 Å². The molecule has 5 heteroatoms. The van der Waals surface area contributed by atoms with Crippen molar-refractivity contribution in [2.45, 2.75) is 6.54 Å². The molecule has 18 heavy (non-hydrogen) atoms. The third-order valence-electron chi connectivity index (χ3n) is 2.54. The van der Waals surface area contributed by atoms with Gasteiger partial charge in [-0.1, -0.05) is 0 Å². The van der Waals surface area contributed by atoms with Crippen LogP contribution in [0.15, 0.2) is 39.4 Å². The molecule has 4 nitrogen and oxygen atoms in total. The molecule has 0 aliphatic carbocycles. The highest BCUT2D eigenvalue weighted by Gasteiger charge is 2.07. The van der Waals surface area contributed by atoms with Crippen molar-refractivity contribution in [3.8, 4) is 11.5 Å². The van der Waals surface area contributed by atoms with Crippen LogP contribution < -0.4 is 14.8 Å². The molecule has 0 radical (unpaired) electrons. The van der Waals surface area contributed by atoms with E-state index >= 15 is 0 Å². The lowest BCUT2D eigenvalue weighted by Crippen LogP contribution is -2.01. The second kappa shape index (κ2) is 5.82. The van der Waals surface area contributed by atoms with Crippen molar-refractivity contribution >= 4 is 21.6 Å². The van der Waals surface area contributed by atoms with Crippen LogP contribution in [0.2, 0.25) is 0 Å². The first kappa shape index (κ1) is 12.8. The number of benzene rings is 1. The summed E-state index contributed by atoms with van der Waals surface area (Å²) < 4.78 is 16.7. The zero-order chi connectivity index (χ0) is 13.0. The quantitative estimate of drug-likeness (QED) is 0.915. The molecule has 1 N–H and O–H groups in total. The van der Waals surface area contributed by atoms with Gasteiger partial charge in [0.15, 0.2) is 0 Å². The summed E-state index contributed by atoms with van der Waals surface area (Å²) in [7, 11) is 3.25. The fourth-order valence-corrected chi connectivity index (χ4v) is 1.91. The van der Waals surface area contributed by atoms with E-state index in [9.17, 15) is 0 Å². The predicted molar refractivity (Wildman–Crippen MR) is 73.3 cm³/mol. The number of nitrogens with one attached hydrogen (secondary N) is 1. The molecule has 96 valence electrons. The maximum atomic E-state index is 5.33. The van der Waals surface area contributed by atoms with Gasteiger partial charge in [0.1, 0.15) is 17.3 Å². The fraction of sp³-hybridized carbons (Fsp3) is 0.231. The minimum atomic E-state index is 0.580. The van der Waals surface area contributed by atoms with E-state index in [1.807, 2.05) is 24.3 Å². The van der Waals surface area contributed by atoms with E-state index in [0.717, 1.165) is 27.4 Å². The number of anilines is 1. The number of furan rings is 1. The third-order valence-corrected chi connectivity index (χ3v) is 3.25. The van der Waals surface area contributed by atoms with E-state index in [0.29, 0.717) is 6.54 Å². The van der Waals surface area contributed by atoms with E-state index in [4.69, 9.17) is 13.9 Å². The van der Waals surface area contributed by atoms with Gasteiger partial charge < -0.3 is 19.2 Å². The van der Waals surface area contributed by atoms with E-state index in [1.165, 1.54) is 0 Å². The van der Waals surface area contributed by atoms with Crippen molar-refractivity contribution in [3.63, 3.8) is 0 Å². The van der Waals surface area contributed by atoms with Crippen LogP contribution in [0.3, 0.4) is 0 Å². The van der Waals surface area contributed by atoms with Crippen molar-refractivity contribution in [1.29, 1.82) is 0 Å². The van der Waals surface area contributed by atoms with Crippen LogP contribution in [-0.2, 0) is 6.54 Å². The van der Waals surface area contributed by atoms with E-state index in [1.54, 1.807) is 20.5 Å². The van der Waals surface area contributed by atoms with Crippen LogP contribution in [0.5, 0.6) is 11.5 Å². The number of hydrogen-bond donors (Lipinski definition) is 1. The van der Waals surface area contributed by atoms with Crippen LogP contribution in [-0.4, -0.2) is 14.2 Å². The van der Waals surface area contributed by atoms with Crippen molar-refractivity contribution in [2.75, 3.05) is 19.5 Å². The Morgan fingerprint density at radius 3 is 2.67 bits per heavy atom. The molecule has 0 saturated carbocycles. The summed E-state index contributed by atoms with van der Waals surface area (Å²) in [6, 6.07) is 7.48. The molecule has 0 unspecified atom stereocenters. The van der Waals surface area contributed by atoms with Crippen LogP contribution in [0.4, 0.5) is 5.69 Å². The first-order chi connectivity index (χ1) is 8.74. The van der Waals surface area contributed by atoms with Gasteiger partial charge in [0.2, 0.25) is 0 Å². The van der Waals surface area contributed by atoms with Crippen LogP contribution in [0, 0.1) is 0 Å². The Kier molecular flexibility index (Phi) is 4.15. The second-order valence-corrected chi connectivity index (χ2v) is 4.47. The zero-order valence-corrected chi connectivity index (χ0v) is 11.8.